The van der Waals surface area contributed by atoms with Gasteiger partial charge in [0.25, 0.3) is 0 Å². The van der Waals surface area contributed by atoms with Gasteiger partial charge in [0.1, 0.15) is 0 Å². The van der Waals surface area contributed by atoms with Crippen LogP contribution in [0.25, 0.3) is 0 Å². The highest BCUT2D eigenvalue weighted by Gasteiger charge is 2.11. The molecule has 1 rings (SSSR count). The summed E-state index contributed by atoms with van der Waals surface area (Å²) in [6.45, 7) is 9.95. The van der Waals surface area contributed by atoms with Crippen LogP contribution in [0.1, 0.15) is 64.0 Å². The molecule has 2 unspecified atom stereocenters. The molecule has 1 N–H and O–H groups in total. The summed E-state index contributed by atoms with van der Waals surface area (Å²) in [5.41, 5.74) is 2.85. The van der Waals surface area contributed by atoms with E-state index in [1.54, 1.807) is 7.11 Å². The summed E-state index contributed by atoms with van der Waals surface area (Å²) in [5.74, 6) is 0.607. The lowest BCUT2D eigenvalue weighted by Gasteiger charge is -2.20. The minimum atomic E-state index is 0.347. The minimum Gasteiger partial charge on any atom is -0.382 e. The largest absolute Gasteiger partial charge is 0.382 e. The van der Waals surface area contributed by atoms with Crippen LogP contribution < -0.4 is 5.32 Å². The fourth-order valence-electron chi connectivity index (χ4n) is 2.50. The van der Waals surface area contributed by atoms with E-state index in [2.05, 4.69) is 57.3 Å². The van der Waals surface area contributed by atoms with Crippen molar-refractivity contribution in [3.8, 4) is 0 Å². The zero-order valence-electron chi connectivity index (χ0n) is 14.5. The van der Waals surface area contributed by atoms with Gasteiger partial charge in [0, 0.05) is 13.2 Å². The van der Waals surface area contributed by atoms with Gasteiger partial charge < -0.3 is 10.1 Å². The van der Waals surface area contributed by atoms with Crippen LogP contribution in [-0.2, 0) is 11.2 Å². The van der Waals surface area contributed by atoms with Gasteiger partial charge in [-0.3, -0.25) is 0 Å². The Morgan fingerprint density at radius 1 is 1.05 bits per heavy atom. The second-order valence-electron chi connectivity index (χ2n) is 6.38. The van der Waals surface area contributed by atoms with E-state index in [1.807, 2.05) is 0 Å². The van der Waals surface area contributed by atoms with Crippen LogP contribution in [0.2, 0.25) is 0 Å². The van der Waals surface area contributed by atoms with Crippen LogP contribution in [0.3, 0.4) is 0 Å². The van der Waals surface area contributed by atoms with E-state index in [1.165, 1.54) is 24.0 Å². The Bertz CT molecular complexity index is 372. The number of nitrogens with one attached hydrogen (secondary N) is 1. The first-order chi connectivity index (χ1) is 10.1. The maximum atomic E-state index is 5.37. The Balaban J connectivity index is 2.57. The molecule has 0 amide bonds. The smallest absolute Gasteiger partial charge is 0.0543 e. The fourth-order valence-corrected chi connectivity index (χ4v) is 2.50. The van der Waals surface area contributed by atoms with E-state index in [4.69, 9.17) is 4.74 Å². The molecule has 0 radical (unpaired) electrons. The molecule has 0 saturated heterocycles. The Hall–Kier alpha value is -0.860. The molecule has 0 aliphatic rings. The van der Waals surface area contributed by atoms with E-state index >= 15 is 0 Å². The van der Waals surface area contributed by atoms with Crippen LogP contribution in [-0.4, -0.2) is 25.8 Å². The summed E-state index contributed by atoms with van der Waals surface area (Å²) >= 11 is 0. The van der Waals surface area contributed by atoms with Crippen LogP contribution in [0, 0.1) is 0 Å². The lowest BCUT2D eigenvalue weighted by atomic mass is 9.97. The molecule has 0 aromatic heterocycles. The van der Waals surface area contributed by atoms with Gasteiger partial charge in [0.05, 0.1) is 6.10 Å². The van der Waals surface area contributed by atoms with E-state index < -0.39 is 0 Å². The van der Waals surface area contributed by atoms with E-state index in [0.29, 0.717) is 18.1 Å². The summed E-state index contributed by atoms with van der Waals surface area (Å²) in [6.07, 6.45) is 4.92. The highest BCUT2D eigenvalue weighted by molar-refractivity contribution is 5.25. The highest BCUT2D eigenvalue weighted by atomic mass is 16.5. The normalized spacial score (nSPS) is 14.4. The molecule has 1 aromatic rings. The SMILES string of the molecule is CCCNC(CCC(C)OC)Cc1ccc(C(C)C)cc1. The third-order valence-corrected chi connectivity index (χ3v) is 4.14. The topological polar surface area (TPSA) is 21.3 Å². The second-order valence-corrected chi connectivity index (χ2v) is 6.38. The molecule has 0 saturated carbocycles. The van der Waals surface area contributed by atoms with Crippen molar-refractivity contribution in [3.63, 3.8) is 0 Å². The summed E-state index contributed by atoms with van der Waals surface area (Å²) in [5, 5.41) is 3.68. The molecule has 2 nitrogen and oxygen atoms in total. The van der Waals surface area contributed by atoms with E-state index in [-0.39, 0.29) is 0 Å². The standard InChI is InChI=1S/C19H33NO/c1-6-13-20-19(12-7-16(4)21-5)14-17-8-10-18(11-9-17)15(2)3/h8-11,15-16,19-20H,6-7,12-14H2,1-5H3. The van der Waals surface area contributed by atoms with Gasteiger partial charge in [-0.1, -0.05) is 45.0 Å². The van der Waals surface area contributed by atoms with Crippen LogP contribution in [0.4, 0.5) is 0 Å². The molecule has 0 fully saturated rings. The quantitative estimate of drug-likeness (QED) is 0.683. The lowest BCUT2D eigenvalue weighted by molar-refractivity contribution is 0.106. The van der Waals surface area contributed by atoms with Crippen molar-refractivity contribution in [2.75, 3.05) is 13.7 Å². The number of ether oxygens (including phenoxy) is 1. The van der Waals surface area contributed by atoms with Gasteiger partial charge in [-0.15, -0.1) is 0 Å². The van der Waals surface area contributed by atoms with Crippen molar-refractivity contribution in [2.45, 2.75) is 71.4 Å². The van der Waals surface area contributed by atoms with E-state index in [9.17, 15) is 0 Å². The maximum absolute atomic E-state index is 5.37. The molecule has 1 aromatic carbocycles. The van der Waals surface area contributed by atoms with Gasteiger partial charge in [-0.2, -0.15) is 0 Å². The summed E-state index contributed by atoms with van der Waals surface area (Å²) in [4.78, 5) is 0. The lowest BCUT2D eigenvalue weighted by Crippen LogP contribution is -2.32. The minimum absolute atomic E-state index is 0.347. The van der Waals surface area contributed by atoms with E-state index in [0.717, 1.165) is 19.4 Å². The fraction of sp³-hybridized carbons (Fsp3) is 0.684. The Morgan fingerprint density at radius 3 is 2.24 bits per heavy atom. The molecule has 21 heavy (non-hydrogen) atoms. The number of hydrogen-bond donors (Lipinski definition) is 1. The molecule has 0 aliphatic carbocycles. The predicted molar refractivity (Wildman–Crippen MR) is 92.0 cm³/mol. The van der Waals surface area contributed by atoms with Crippen LogP contribution in [0.15, 0.2) is 24.3 Å². The summed E-state index contributed by atoms with van der Waals surface area (Å²) in [6, 6.07) is 9.67. The number of methoxy groups -OCH3 is 1. The Labute approximate surface area is 131 Å². The average molecular weight is 291 g/mol. The monoisotopic (exact) mass is 291 g/mol. The summed E-state index contributed by atoms with van der Waals surface area (Å²) < 4.78 is 5.37. The van der Waals surface area contributed by atoms with Gasteiger partial charge >= 0.3 is 0 Å². The van der Waals surface area contributed by atoms with Crippen LogP contribution >= 0.6 is 0 Å². The molecule has 2 heteroatoms. The highest BCUT2D eigenvalue weighted by Crippen LogP contribution is 2.16. The van der Waals surface area contributed by atoms with Crippen molar-refractivity contribution >= 4 is 0 Å². The zero-order valence-corrected chi connectivity index (χ0v) is 14.5. The molecule has 0 aliphatic heterocycles. The van der Waals surface area contributed by atoms with Crippen molar-refractivity contribution in [1.29, 1.82) is 0 Å². The molecule has 0 bridgehead atoms. The molecule has 0 spiro atoms. The second kappa shape index (κ2) is 9.97. The maximum Gasteiger partial charge on any atom is 0.0543 e. The molecular weight excluding hydrogens is 258 g/mol. The third kappa shape index (κ3) is 7.10. The van der Waals surface area contributed by atoms with Crippen molar-refractivity contribution in [3.05, 3.63) is 35.4 Å². The van der Waals surface area contributed by atoms with Crippen LogP contribution in [0.5, 0.6) is 0 Å². The van der Waals surface area contributed by atoms with Gasteiger partial charge in [-0.05, 0) is 56.2 Å². The first-order valence-electron chi connectivity index (χ1n) is 8.41. The van der Waals surface area contributed by atoms with Crippen molar-refractivity contribution in [2.24, 2.45) is 0 Å². The molecule has 0 heterocycles. The van der Waals surface area contributed by atoms with Gasteiger partial charge in [-0.25, -0.2) is 0 Å². The first kappa shape index (κ1) is 18.2. The van der Waals surface area contributed by atoms with Crippen molar-refractivity contribution < 1.29 is 4.74 Å². The predicted octanol–water partition coefficient (Wildman–Crippen LogP) is 4.54. The number of hydrogen-bond acceptors (Lipinski definition) is 2. The zero-order chi connectivity index (χ0) is 15.7. The first-order valence-corrected chi connectivity index (χ1v) is 8.41. The van der Waals surface area contributed by atoms with Gasteiger partial charge in [0.15, 0.2) is 0 Å². The molecule has 2 atom stereocenters. The number of rotatable bonds is 10. The molecule has 120 valence electrons. The summed E-state index contributed by atoms with van der Waals surface area (Å²) in [7, 11) is 1.80. The van der Waals surface area contributed by atoms with Gasteiger partial charge in [0.2, 0.25) is 0 Å². The average Bonchev–Trinajstić information content (AvgIpc) is 2.50. The number of benzene rings is 1. The Kier molecular flexibility index (Phi) is 8.63. The van der Waals surface area contributed by atoms with Crippen molar-refractivity contribution in [1.82, 2.24) is 5.32 Å². The third-order valence-electron chi connectivity index (χ3n) is 4.14. The Morgan fingerprint density at radius 2 is 1.71 bits per heavy atom. The molecular formula is C19H33NO.